The van der Waals surface area contributed by atoms with Gasteiger partial charge in [-0.3, -0.25) is 4.79 Å². The van der Waals surface area contributed by atoms with Crippen molar-refractivity contribution in [1.82, 2.24) is 15.6 Å². The summed E-state index contributed by atoms with van der Waals surface area (Å²) in [5.41, 5.74) is -0.221. The van der Waals surface area contributed by atoms with Gasteiger partial charge in [0.25, 0.3) is 5.91 Å². The van der Waals surface area contributed by atoms with Gasteiger partial charge in [0, 0.05) is 26.2 Å². The van der Waals surface area contributed by atoms with Gasteiger partial charge >= 0.3 is 0 Å². The fourth-order valence-electron chi connectivity index (χ4n) is 1.31. The number of ether oxygens (including phenoxy) is 1. The number of carbonyl (C=O) groups is 1. The van der Waals surface area contributed by atoms with Gasteiger partial charge in [-0.15, -0.1) is 12.4 Å². The first kappa shape index (κ1) is 13.7. The number of amides is 1. The van der Waals surface area contributed by atoms with Crippen LogP contribution in [0.2, 0.25) is 0 Å². The Balaban J connectivity index is 0.00000144. The summed E-state index contributed by atoms with van der Waals surface area (Å²) in [6.07, 6.45) is 1.42. The fraction of sp³-hybridized carbons (Fsp3) is 0.400. The Morgan fingerprint density at radius 3 is 2.82 bits per heavy atom. The van der Waals surface area contributed by atoms with E-state index in [0.29, 0.717) is 5.75 Å². The van der Waals surface area contributed by atoms with E-state index in [4.69, 9.17) is 4.74 Å². The third kappa shape index (κ3) is 3.04. The van der Waals surface area contributed by atoms with Crippen LogP contribution in [0.5, 0.6) is 5.75 Å². The molecule has 1 aliphatic heterocycles. The summed E-state index contributed by atoms with van der Waals surface area (Å²) < 4.78 is 18.8. The second-order valence-corrected chi connectivity index (χ2v) is 3.48. The number of rotatable bonds is 3. The number of nitrogens with zero attached hydrogens (tertiary/aromatic N) is 1. The molecule has 0 bridgehead atoms. The van der Waals surface area contributed by atoms with E-state index >= 15 is 0 Å². The number of hydrogen-bond acceptors (Lipinski definition) is 4. The molecule has 0 spiro atoms. The molecule has 1 aliphatic rings. The number of halogens is 2. The molecule has 2 N–H and O–H groups in total. The van der Waals surface area contributed by atoms with Gasteiger partial charge in [0.2, 0.25) is 0 Å². The number of hydrogen-bond donors (Lipinski definition) is 2. The lowest BCUT2D eigenvalue weighted by molar-refractivity contribution is 0.0953. The Kier molecular flexibility index (Phi) is 4.65. The lowest BCUT2D eigenvalue weighted by Crippen LogP contribution is -2.50. The molecule has 0 aromatic carbocycles. The smallest absolute Gasteiger partial charge is 0.272 e. The summed E-state index contributed by atoms with van der Waals surface area (Å²) >= 11 is 0. The topological polar surface area (TPSA) is 63.2 Å². The van der Waals surface area contributed by atoms with Crippen LogP contribution in [0.4, 0.5) is 4.39 Å². The zero-order valence-corrected chi connectivity index (χ0v) is 10.0. The fourth-order valence-corrected chi connectivity index (χ4v) is 1.31. The summed E-state index contributed by atoms with van der Waals surface area (Å²) in [5.74, 6) is -0.879. The van der Waals surface area contributed by atoms with E-state index in [1.807, 2.05) is 0 Å². The third-order valence-electron chi connectivity index (χ3n) is 2.30. The Morgan fingerprint density at radius 1 is 1.65 bits per heavy atom. The van der Waals surface area contributed by atoms with Crippen LogP contribution in [-0.2, 0) is 0 Å². The van der Waals surface area contributed by atoms with Crippen LogP contribution in [0, 0.1) is 5.82 Å². The molecule has 0 aliphatic carbocycles. The molecule has 17 heavy (non-hydrogen) atoms. The number of nitrogens with one attached hydrogen (secondary N) is 2. The molecule has 2 heterocycles. The molecule has 1 aromatic heterocycles. The highest BCUT2D eigenvalue weighted by Crippen LogP contribution is 2.16. The van der Waals surface area contributed by atoms with Crippen LogP contribution in [0.1, 0.15) is 10.5 Å². The molecule has 0 unspecified atom stereocenters. The van der Waals surface area contributed by atoms with Gasteiger partial charge in [-0.05, 0) is 0 Å². The van der Waals surface area contributed by atoms with E-state index in [2.05, 4.69) is 15.6 Å². The van der Waals surface area contributed by atoms with Crippen LogP contribution in [0.15, 0.2) is 12.3 Å². The Hall–Kier alpha value is -1.40. The molecule has 2 rings (SSSR count). The van der Waals surface area contributed by atoms with Crippen LogP contribution in [-0.4, -0.2) is 37.1 Å². The minimum absolute atomic E-state index is 0. The highest BCUT2D eigenvalue weighted by molar-refractivity contribution is 5.92. The summed E-state index contributed by atoms with van der Waals surface area (Å²) in [5, 5.41) is 5.34. The summed E-state index contributed by atoms with van der Waals surface area (Å²) in [6, 6.07) is 1.18. The molecule has 1 aromatic rings. The van der Waals surface area contributed by atoms with Gasteiger partial charge in [-0.2, -0.15) is 0 Å². The van der Waals surface area contributed by atoms with Crippen molar-refractivity contribution in [1.29, 1.82) is 0 Å². The van der Waals surface area contributed by atoms with Crippen molar-refractivity contribution in [3.05, 3.63) is 23.8 Å². The average molecular weight is 262 g/mol. The van der Waals surface area contributed by atoms with Crippen LogP contribution >= 0.6 is 12.4 Å². The van der Waals surface area contributed by atoms with Crippen molar-refractivity contribution in [3.63, 3.8) is 0 Å². The first-order valence-corrected chi connectivity index (χ1v) is 4.95. The van der Waals surface area contributed by atoms with E-state index in [0.717, 1.165) is 13.1 Å². The van der Waals surface area contributed by atoms with Gasteiger partial charge < -0.3 is 15.4 Å². The van der Waals surface area contributed by atoms with Crippen molar-refractivity contribution >= 4 is 18.3 Å². The second-order valence-electron chi connectivity index (χ2n) is 3.48. The van der Waals surface area contributed by atoms with E-state index in [-0.39, 0.29) is 24.2 Å². The summed E-state index contributed by atoms with van der Waals surface area (Å²) in [6.45, 7) is 1.50. The zero-order valence-electron chi connectivity index (χ0n) is 9.20. The SMILES string of the molecule is CNC(=O)c1ncc(OC2CNC2)cc1F.Cl. The minimum atomic E-state index is -0.677. The van der Waals surface area contributed by atoms with E-state index in [9.17, 15) is 9.18 Å². The predicted octanol–water partition coefficient (Wildman–Crippen LogP) is 0.353. The molecule has 7 heteroatoms. The maximum absolute atomic E-state index is 13.4. The van der Waals surface area contributed by atoms with Crippen LogP contribution < -0.4 is 15.4 Å². The third-order valence-corrected chi connectivity index (χ3v) is 2.30. The van der Waals surface area contributed by atoms with Gasteiger partial charge in [0.1, 0.15) is 11.9 Å². The normalized spacial score (nSPS) is 14.5. The molecule has 0 atom stereocenters. The van der Waals surface area contributed by atoms with Crippen LogP contribution in [0.3, 0.4) is 0 Å². The Bertz CT molecular complexity index is 413. The first-order chi connectivity index (χ1) is 7.70. The lowest BCUT2D eigenvalue weighted by atomic mass is 10.2. The number of aromatic nitrogens is 1. The Labute approximate surface area is 104 Å². The summed E-state index contributed by atoms with van der Waals surface area (Å²) in [4.78, 5) is 14.9. The maximum Gasteiger partial charge on any atom is 0.272 e. The molecule has 0 saturated carbocycles. The van der Waals surface area contributed by atoms with Crippen molar-refractivity contribution in [3.8, 4) is 5.75 Å². The van der Waals surface area contributed by atoms with E-state index < -0.39 is 11.7 Å². The number of carbonyl (C=O) groups excluding carboxylic acids is 1. The largest absolute Gasteiger partial charge is 0.486 e. The van der Waals surface area contributed by atoms with Gasteiger partial charge in [0.15, 0.2) is 11.5 Å². The number of pyridine rings is 1. The van der Waals surface area contributed by atoms with Gasteiger partial charge in [-0.1, -0.05) is 0 Å². The quantitative estimate of drug-likeness (QED) is 0.824. The monoisotopic (exact) mass is 261 g/mol. The lowest BCUT2D eigenvalue weighted by Gasteiger charge is -2.27. The van der Waals surface area contributed by atoms with Crippen molar-refractivity contribution in [2.24, 2.45) is 0 Å². The van der Waals surface area contributed by atoms with Crippen molar-refractivity contribution < 1.29 is 13.9 Å². The molecule has 1 fully saturated rings. The summed E-state index contributed by atoms with van der Waals surface area (Å²) in [7, 11) is 1.42. The van der Waals surface area contributed by atoms with Gasteiger partial charge in [0.05, 0.1) is 6.20 Å². The molecule has 1 saturated heterocycles. The molecular formula is C10H13ClFN3O2. The first-order valence-electron chi connectivity index (χ1n) is 4.95. The van der Waals surface area contributed by atoms with Crippen LogP contribution in [0.25, 0.3) is 0 Å². The highest BCUT2D eigenvalue weighted by Gasteiger charge is 2.20. The van der Waals surface area contributed by atoms with E-state index in [1.54, 1.807) is 0 Å². The minimum Gasteiger partial charge on any atom is -0.486 e. The molecule has 0 radical (unpaired) electrons. The van der Waals surface area contributed by atoms with Gasteiger partial charge in [-0.25, -0.2) is 9.37 Å². The molecule has 94 valence electrons. The second kappa shape index (κ2) is 5.79. The maximum atomic E-state index is 13.4. The molecular weight excluding hydrogens is 249 g/mol. The standard InChI is InChI=1S/C10H12FN3O2.ClH/c1-12-10(15)9-8(11)2-6(5-14-9)16-7-3-13-4-7;/h2,5,7,13H,3-4H2,1H3,(H,12,15);1H. The predicted molar refractivity (Wildman–Crippen MR) is 62.1 cm³/mol. The van der Waals surface area contributed by atoms with E-state index in [1.165, 1.54) is 19.3 Å². The Morgan fingerprint density at radius 2 is 2.35 bits per heavy atom. The molecule has 5 nitrogen and oxygen atoms in total. The molecule has 1 amide bonds. The van der Waals surface area contributed by atoms with Crippen molar-refractivity contribution in [2.75, 3.05) is 20.1 Å². The highest BCUT2D eigenvalue weighted by atomic mass is 35.5. The van der Waals surface area contributed by atoms with Crippen molar-refractivity contribution in [2.45, 2.75) is 6.10 Å². The average Bonchev–Trinajstić information content (AvgIpc) is 2.23. The zero-order chi connectivity index (χ0) is 11.5.